The maximum atomic E-state index is 12.1. The normalized spacial score (nSPS) is 19.4. The molecular weight excluding hydrogens is 318 g/mol. The zero-order valence-electron chi connectivity index (χ0n) is 11.1. The average Bonchev–Trinajstić information content (AvgIpc) is 2.91. The summed E-state index contributed by atoms with van der Waals surface area (Å²) in [5.74, 6) is 0.135. The van der Waals surface area contributed by atoms with Gasteiger partial charge in [-0.25, -0.2) is 0 Å². The number of piperidine rings is 1. The van der Waals surface area contributed by atoms with Crippen molar-refractivity contribution < 1.29 is 4.79 Å². The predicted molar refractivity (Wildman–Crippen MR) is 82.1 cm³/mol. The molecule has 1 atom stereocenters. The molecule has 20 heavy (non-hydrogen) atoms. The Morgan fingerprint density at radius 1 is 1.30 bits per heavy atom. The second kappa shape index (κ2) is 5.79. The number of hydrogen-bond acceptors (Lipinski definition) is 2. The van der Waals surface area contributed by atoms with E-state index in [9.17, 15) is 4.79 Å². The molecule has 1 aromatic heterocycles. The first kappa shape index (κ1) is 13.4. The molecular formula is C15H16BrN3O. The third-order valence-corrected chi connectivity index (χ3v) is 4.34. The van der Waals surface area contributed by atoms with E-state index in [1.165, 1.54) is 5.56 Å². The van der Waals surface area contributed by atoms with E-state index in [0.717, 1.165) is 31.6 Å². The maximum absolute atomic E-state index is 12.1. The summed E-state index contributed by atoms with van der Waals surface area (Å²) in [5, 5.41) is 4.35. The van der Waals surface area contributed by atoms with Crippen molar-refractivity contribution in [1.29, 1.82) is 0 Å². The summed E-state index contributed by atoms with van der Waals surface area (Å²) in [6.07, 6.45) is 5.64. The molecule has 2 aromatic rings. The topological polar surface area (TPSA) is 38.1 Å². The molecule has 1 aliphatic heterocycles. The molecule has 1 fully saturated rings. The molecule has 104 valence electrons. The van der Waals surface area contributed by atoms with Crippen LogP contribution in [0.15, 0.2) is 42.7 Å². The number of hydrogen-bond donors (Lipinski definition) is 0. The van der Waals surface area contributed by atoms with Gasteiger partial charge in [-0.1, -0.05) is 46.3 Å². The highest BCUT2D eigenvalue weighted by atomic mass is 79.9. The molecule has 1 aromatic carbocycles. The highest BCUT2D eigenvalue weighted by Gasteiger charge is 2.28. The minimum atomic E-state index is -0.0614. The lowest BCUT2D eigenvalue weighted by Crippen LogP contribution is -2.41. The fourth-order valence-electron chi connectivity index (χ4n) is 2.44. The van der Waals surface area contributed by atoms with Crippen molar-refractivity contribution >= 4 is 27.5 Å². The summed E-state index contributed by atoms with van der Waals surface area (Å²) in [7, 11) is 0. The van der Waals surface area contributed by atoms with Gasteiger partial charge in [0.1, 0.15) is 0 Å². The molecule has 4 nitrogen and oxygen atoms in total. The number of rotatable bonds is 3. The van der Waals surface area contributed by atoms with Crippen LogP contribution in [0.5, 0.6) is 0 Å². The van der Waals surface area contributed by atoms with E-state index in [1.807, 2.05) is 34.0 Å². The molecule has 2 heterocycles. The van der Waals surface area contributed by atoms with Crippen LogP contribution in [0, 0.1) is 0 Å². The number of benzene rings is 1. The van der Waals surface area contributed by atoms with Crippen molar-refractivity contribution in [1.82, 2.24) is 9.78 Å². The van der Waals surface area contributed by atoms with E-state index >= 15 is 0 Å². The third kappa shape index (κ3) is 2.77. The van der Waals surface area contributed by atoms with Gasteiger partial charge in [0.15, 0.2) is 0 Å². The Morgan fingerprint density at radius 2 is 2.10 bits per heavy atom. The minimum absolute atomic E-state index is 0.0614. The van der Waals surface area contributed by atoms with Crippen LogP contribution in [-0.2, 0) is 11.3 Å². The highest BCUT2D eigenvalue weighted by molar-refractivity contribution is 9.10. The standard InChI is InChI=1S/C15H16BrN3O/c16-14-7-4-8-19(15(14)20)13-9-17-18(11-13)10-12-5-2-1-3-6-12/h1-3,5-6,9,11,14H,4,7-8,10H2. The van der Waals surface area contributed by atoms with Crippen molar-refractivity contribution in [2.24, 2.45) is 0 Å². The molecule has 5 heteroatoms. The first-order valence-electron chi connectivity index (χ1n) is 6.76. The van der Waals surface area contributed by atoms with Crippen LogP contribution in [0.2, 0.25) is 0 Å². The van der Waals surface area contributed by atoms with Crippen molar-refractivity contribution in [3.63, 3.8) is 0 Å². The quantitative estimate of drug-likeness (QED) is 0.810. The zero-order valence-corrected chi connectivity index (χ0v) is 12.7. The van der Waals surface area contributed by atoms with Gasteiger partial charge in [-0.15, -0.1) is 0 Å². The van der Waals surface area contributed by atoms with Crippen LogP contribution in [0.4, 0.5) is 5.69 Å². The SMILES string of the molecule is O=C1C(Br)CCCN1c1cnn(Cc2ccccc2)c1. The summed E-state index contributed by atoms with van der Waals surface area (Å²) in [4.78, 5) is 13.9. The monoisotopic (exact) mass is 333 g/mol. The summed E-state index contributed by atoms with van der Waals surface area (Å²) in [6, 6.07) is 10.2. The van der Waals surface area contributed by atoms with E-state index in [2.05, 4.69) is 33.2 Å². The Balaban J connectivity index is 1.75. The number of carbonyl (C=O) groups excluding carboxylic acids is 1. The van der Waals surface area contributed by atoms with Gasteiger partial charge in [0.2, 0.25) is 5.91 Å². The molecule has 1 unspecified atom stereocenters. The first-order chi connectivity index (χ1) is 9.74. The number of carbonyl (C=O) groups is 1. The van der Waals surface area contributed by atoms with Gasteiger partial charge in [0.05, 0.1) is 23.3 Å². The van der Waals surface area contributed by atoms with Crippen LogP contribution in [-0.4, -0.2) is 27.1 Å². The molecule has 1 amide bonds. The van der Waals surface area contributed by atoms with Crippen LogP contribution in [0.3, 0.4) is 0 Å². The number of aromatic nitrogens is 2. The van der Waals surface area contributed by atoms with Crippen LogP contribution >= 0.6 is 15.9 Å². The fraction of sp³-hybridized carbons (Fsp3) is 0.333. The molecule has 1 saturated heterocycles. The van der Waals surface area contributed by atoms with E-state index in [1.54, 1.807) is 6.20 Å². The van der Waals surface area contributed by atoms with E-state index < -0.39 is 0 Å². The Morgan fingerprint density at radius 3 is 2.90 bits per heavy atom. The number of alkyl halides is 1. The number of nitrogens with zero attached hydrogens (tertiary/aromatic N) is 3. The van der Waals surface area contributed by atoms with Crippen LogP contribution in [0.25, 0.3) is 0 Å². The Hall–Kier alpha value is -1.62. The summed E-state index contributed by atoms with van der Waals surface area (Å²) in [6.45, 7) is 1.50. The highest BCUT2D eigenvalue weighted by Crippen LogP contribution is 2.24. The molecule has 0 spiro atoms. The molecule has 0 N–H and O–H groups in total. The first-order valence-corrected chi connectivity index (χ1v) is 7.67. The van der Waals surface area contributed by atoms with Gasteiger partial charge in [0, 0.05) is 12.7 Å². The van der Waals surface area contributed by atoms with Crippen molar-refractivity contribution in [2.75, 3.05) is 11.4 Å². The van der Waals surface area contributed by atoms with E-state index in [4.69, 9.17) is 0 Å². The lowest BCUT2D eigenvalue weighted by Gasteiger charge is -2.28. The molecule has 0 radical (unpaired) electrons. The number of amides is 1. The van der Waals surface area contributed by atoms with Gasteiger partial charge in [-0.05, 0) is 18.4 Å². The van der Waals surface area contributed by atoms with Gasteiger partial charge in [-0.2, -0.15) is 5.10 Å². The molecule has 0 aliphatic carbocycles. The van der Waals surface area contributed by atoms with E-state index in [-0.39, 0.29) is 10.7 Å². The van der Waals surface area contributed by atoms with Gasteiger partial charge in [-0.3, -0.25) is 9.48 Å². The molecule has 0 saturated carbocycles. The Bertz CT molecular complexity index is 596. The average molecular weight is 334 g/mol. The summed E-state index contributed by atoms with van der Waals surface area (Å²) in [5.41, 5.74) is 2.08. The van der Waals surface area contributed by atoms with Crippen LogP contribution in [0.1, 0.15) is 18.4 Å². The second-order valence-electron chi connectivity index (χ2n) is 4.98. The second-order valence-corrected chi connectivity index (χ2v) is 6.09. The number of halogens is 1. The lowest BCUT2D eigenvalue weighted by atomic mass is 10.1. The Labute approximate surface area is 126 Å². The van der Waals surface area contributed by atoms with Gasteiger partial charge < -0.3 is 4.90 Å². The van der Waals surface area contributed by atoms with Crippen LogP contribution < -0.4 is 4.90 Å². The molecule has 1 aliphatic rings. The maximum Gasteiger partial charge on any atom is 0.240 e. The fourth-order valence-corrected chi connectivity index (χ4v) is 3.01. The van der Waals surface area contributed by atoms with Crippen molar-refractivity contribution in [3.05, 3.63) is 48.3 Å². The molecule has 3 rings (SSSR count). The largest absolute Gasteiger partial charge is 0.309 e. The lowest BCUT2D eigenvalue weighted by molar-refractivity contribution is -0.118. The number of anilines is 1. The minimum Gasteiger partial charge on any atom is -0.309 e. The summed E-state index contributed by atoms with van der Waals surface area (Å²) >= 11 is 3.43. The van der Waals surface area contributed by atoms with Gasteiger partial charge >= 0.3 is 0 Å². The van der Waals surface area contributed by atoms with E-state index in [0.29, 0.717) is 0 Å². The Kier molecular flexibility index (Phi) is 3.87. The summed E-state index contributed by atoms with van der Waals surface area (Å²) < 4.78 is 1.87. The van der Waals surface area contributed by atoms with Crippen molar-refractivity contribution in [2.45, 2.75) is 24.2 Å². The predicted octanol–water partition coefficient (Wildman–Crippen LogP) is 2.82. The smallest absolute Gasteiger partial charge is 0.240 e. The van der Waals surface area contributed by atoms with Crippen molar-refractivity contribution in [3.8, 4) is 0 Å². The third-order valence-electron chi connectivity index (χ3n) is 3.49. The van der Waals surface area contributed by atoms with Gasteiger partial charge in [0.25, 0.3) is 0 Å². The zero-order chi connectivity index (χ0) is 13.9. The molecule has 0 bridgehead atoms.